The molecule has 5 heteroatoms. The smallest absolute Gasteiger partial charge is 0.252 e. The summed E-state index contributed by atoms with van der Waals surface area (Å²) in [6.45, 7) is 5.12. The molecule has 1 aromatic rings. The standard InChI is InChI=1S/C12H19N3OS/c1-3-9-14-10(7-11(16)15-9)13-8-12(2)5-4-6-17-12/h7H,3-6,8H2,1-2H3,(H2,13,14,15,16). The average Bonchev–Trinajstić information content (AvgIpc) is 2.73. The Morgan fingerprint density at radius 1 is 1.65 bits per heavy atom. The third kappa shape index (κ3) is 3.25. The number of anilines is 1. The number of aromatic amines is 1. The lowest BCUT2D eigenvalue weighted by Crippen LogP contribution is -2.28. The molecular weight excluding hydrogens is 234 g/mol. The highest BCUT2D eigenvalue weighted by atomic mass is 32.2. The van der Waals surface area contributed by atoms with E-state index in [1.54, 1.807) is 0 Å². The van der Waals surface area contributed by atoms with Gasteiger partial charge in [-0.15, -0.1) is 0 Å². The van der Waals surface area contributed by atoms with E-state index in [9.17, 15) is 4.79 Å². The number of H-pyrrole nitrogens is 1. The number of thioether (sulfide) groups is 1. The molecule has 0 amide bonds. The summed E-state index contributed by atoms with van der Waals surface area (Å²) in [7, 11) is 0. The quantitative estimate of drug-likeness (QED) is 0.862. The molecule has 1 fully saturated rings. The SMILES string of the molecule is CCc1nc(NCC2(C)CCCS2)cc(=O)[nH]1. The number of nitrogens with zero attached hydrogens (tertiary/aromatic N) is 1. The van der Waals surface area contributed by atoms with E-state index in [-0.39, 0.29) is 10.3 Å². The van der Waals surface area contributed by atoms with Crippen molar-refractivity contribution in [1.29, 1.82) is 0 Å². The van der Waals surface area contributed by atoms with Gasteiger partial charge >= 0.3 is 0 Å². The first kappa shape index (κ1) is 12.5. The fourth-order valence-electron chi connectivity index (χ4n) is 2.02. The van der Waals surface area contributed by atoms with Crippen LogP contribution in [0.2, 0.25) is 0 Å². The van der Waals surface area contributed by atoms with Crippen molar-refractivity contribution in [3.8, 4) is 0 Å². The maximum Gasteiger partial charge on any atom is 0.252 e. The van der Waals surface area contributed by atoms with Crippen LogP contribution in [-0.4, -0.2) is 27.0 Å². The number of rotatable bonds is 4. The lowest BCUT2D eigenvalue weighted by atomic mass is 10.1. The second kappa shape index (κ2) is 5.12. The minimum Gasteiger partial charge on any atom is -0.368 e. The van der Waals surface area contributed by atoms with Crippen molar-refractivity contribution in [3.05, 3.63) is 22.2 Å². The van der Waals surface area contributed by atoms with Gasteiger partial charge in [0.05, 0.1) is 0 Å². The van der Waals surface area contributed by atoms with Gasteiger partial charge in [0.2, 0.25) is 0 Å². The molecule has 2 N–H and O–H groups in total. The summed E-state index contributed by atoms with van der Waals surface area (Å²) in [5, 5.41) is 3.29. The molecule has 1 aliphatic rings. The molecule has 2 heterocycles. The van der Waals surface area contributed by atoms with Crippen molar-refractivity contribution in [2.45, 2.75) is 37.9 Å². The van der Waals surface area contributed by atoms with Crippen LogP contribution in [0.3, 0.4) is 0 Å². The van der Waals surface area contributed by atoms with Crippen LogP contribution in [0.5, 0.6) is 0 Å². The average molecular weight is 253 g/mol. The van der Waals surface area contributed by atoms with Crippen molar-refractivity contribution < 1.29 is 0 Å². The fraction of sp³-hybridized carbons (Fsp3) is 0.667. The van der Waals surface area contributed by atoms with Gasteiger partial charge in [-0.05, 0) is 25.5 Å². The summed E-state index contributed by atoms with van der Waals surface area (Å²) in [6, 6.07) is 1.53. The molecule has 17 heavy (non-hydrogen) atoms. The summed E-state index contributed by atoms with van der Waals surface area (Å²) in [5.41, 5.74) is -0.0800. The molecule has 1 saturated heterocycles. The largest absolute Gasteiger partial charge is 0.368 e. The first-order valence-electron chi connectivity index (χ1n) is 6.09. The van der Waals surface area contributed by atoms with E-state index in [4.69, 9.17) is 0 Å². The maximum absolute atomic E-state index is 11.4. The lowest BCUT2D eigenvalue weighted by molar-refractivity contribution is 0.633. The Labute approximate surface area is 106 Å². The highest BCUT2D eigenvalue weighted by Crippen LogP contribution is 2.37. The summed E-state index contributed by atoms with van der Waals surface area (Å²) in [6.07, 6.45) is 3.26. The van der Waals surface area contributed by atoms with Crippen LogP contribution in [-0.2, 0) is 6.42 Å². The molecule has 1 aliphatic heterocycles. The van der Waals surface area contributed by atoms with E-state index in [0.717, 1.165) is 18.8 Å². The number of hydrogen-bond acceptors (Lipinski definition) is 4. The first-order chi connectivity index (χ1) is 8.11. The second-order valence-corrected chi connectivity index (χ2v) is 6.37. The number of hydrogen-bond donors (Lipinski definition) is 2. The predicted molar refractivity (Wildman–Crippen MR) is 72.8 cm³/mol. The van der Waals surface area contributed by atoms with E-state index in [1.807, 2.05) is 18.7 Å². The Hall–Kier alpha value is -0.970. The zero-order valence-corrected chi connectivity index (χ0v) is 11.2. The van der Waals surface area contributed by atoms with Crippen LogP contribution >= 0.6 is 11.8 Å². The maximum atomic E-state index is 11.4. The van der Waals surface area contributed by atoms with Crippen molar-refractivity contribution >= 4 is 17.6 Å². The third-order valence-electron chi connectivity index (χ3n) is 3.07. The fourth-order valence-corrected chi connectivity index (χ4v) is 3.26. The molecule has 0 bridgehead atoms. The minimum absolute atomic E-state index is 0.0800. The van der Waals surface area contributed by atoms with Gasteiger partial charge in [-0.3, -0.25) is 4.79 Å². The monoisotopic (exact) mass is 253 g/mol. The molecule has 94 valence electrons. The Kier molecular flexibility index (Phi) is 3.76. The van der Waals surface area contributed by atoms with Crippen LogP contribution in [0.4, 0.5) is 5.82 Å². The molecule has 0 saturated carbocycles. The number of aromatic nitrogens is 2. The van der Waals surface area contributed by atoms with Gasteiger partial charge in [-0.2, -0.15) is 11.8 Å². The predicted octanol–water partition coefficient (Wildman–Crippen LogP) is 2.03. The molecule has 2 rings (SSSR count). The molecule has 0 radical (unpaired) electrons. The summed E-state index contributed by atoms with van der Waals surface area (Å²) >= 11 is 2.00. The van der Waals surface area contributed by atoms with Gasteiger partial charge in [0.25, 0.3) is 5.56 Å². The molecular formula is C12H19N3OS. The van der Waals surface area contributed by atoms with Crippen LogP contribution in [0.1, 0.15) is 32.5 Å². The van der Waals surface area contributed by atoms with E-state index < -0.39 is 0 Å². The van der Waals surface area contributed by atoms with Gasteiger partial charge < -0.3 is 10.3 Å². The van der Waals surface area contributed by atoms with Gasteiger partial charge in [0, 0.05) is 23.8 Å². The van der Waals surface area contributed by atoms with Crippen LogP contribution in [0.25, 0.3) is 0 Å². The molecule has 1 atom stereocenters. The molecule has 4 nitrogen and oxygen atoms in total. The summed E-state index contributed by atoms with van der Waals surface area (Å²) in [5.74, 6) is 2.67. The van der Waals surface area contributed by atoms with Crippen LogP contribution in [0.15, 0.2) is 10.9 Å². The molecule has 0 aliphatic carbocycles. The third-order valence-corrected chi connectivity index (χ3v) is 4.61. The van der Waals surface area contributed by atoms with Gasteiger partial charge in [-0.1, -0.05) is 6.92 Å². The van der Waals surface area contributed by atoms with Crippen LogP contribution in [0, 0.1) is 0 Å². The van der Waals surface area contributed by atoms with Gasteiger partial charge in [-0.25, -0.2) is 4.98 Å². The summed E-state index contributed by atoms with van der Waals surface area (Å²) < 4.78 is 0.288. The highest BCUT2D eigenvalue weighted by Gasteiger charge is 2.29. The molecule has 1 unspecified atom stereocenters. The van der Waals surface area contributed by atoms with Crippen molar-refractivity contribution in [1.82, 2.24) is 9.97 Å². The minimum atomic E-state index is -0.0800. The Morgan fingerprint density at radius 2 is 2.47 bits per heavy atom. The Bertz CT molecular complexity index is 438. The zero-order valence-electron chi connectivity index (χ0n) is 10.4. The van der Waals surface area contributed by atoms with Crippen molar-refractivity contribution in [2.75, 3.05) is 17.6 Å². The second-order valence-electron chi connectivity index (χ2n) is 4.69. The highest BCUT2D eigenvalue weighted by molar-refractivity contribution is 8.00. The first-order valence-corrected chi connectivity index (χ1v) is 7.08. The topological polar surface area (TPSA) is 57.8 Å². The summed E-state index contributed by atoms with van der Waals surface area (Å²) in [4.78, 5) is 18.5. The number of nitrogens with one attached hydrogen (secondary N) is 2. The van der Waals surface area contributed by atoms with Crippen LogP contribution < -0.4 is 10.9 Å². The Morgan fingerprint density at radius 3 is 3.12 bits per heavy atom. The molecule has 0 spiro atoms. The van der Waals surface area contributed by atoms with E-state index in [1.165, 1.54) is 24.7 Å². The van der Waals surface area contributed by atoms with Crippen molar-refractivity contribution in [3.63, 3.8) is 0 Å². The van der Waals surface area contributed by atoms with E-state index in [2.05, 4.69) is 22.2 Å². The normalized spacial score (nSPS) is 23.9. The lowest BCUT2D eigenvalue weighted by Gasteiger charge is -2.23. The molecule has 1 aromatic heterocycles. The van der Waals surface area contributed by atoms with Gasteiger partial charge in [0.1, 0.15) is 11.6 Å². The zero-order chi connectivity index (χ0) is 12.3. The number of aryl methyl sites for hydroxylation is 1. The van der Waals surface area contributed by atoms with E-state index >= 15 is 0 Å². The van der Waals surface area contributed by atoms with Gasteiger partial charge in [0.15, 0.2) is 0 Å². The Balaban J connectivity index is 2.03. The van der Waals surface area contributed by atoms with Crippen molar-refractivity contribution in [2.24, 2.45) is 0 Å². The van der Waals surface area contributed by atoms with E-state index in [0.29, 0.717) is 5.82 Å². The molecule has 0 aromatic carbocycles.